The van der Waals surface area contributed by atoms with Crippen molar-refractivity contribution in [2.75, 3.05) is 36.4 Å². The first-order valence-electron chi connectivity index (χ1n) is 10.2. The molecule has 3 aliphatic rings. The summed E-state index contributed by atoms with van der Waals surface area (Å²) in [5.74, 6) is -2.64. The molecule has 7 heteroatoms. The molecule has 0 saturated carbocycles. The van der Waals surface area contributed by atoms with Gasteiger partial charge in [-0.3, -0.25) is 14.4 Å². The highest BCUT2D eigenvalue weighted by Gasteiger charge is 2.54. The molecule has 0 radical (unpaired) electrons. The third-order valence-electron chi connectivity index (χ3n) is 6.39. The van der Waals surface area contributed by atoms with Crippen molar-refractivity contribution in [3.63, 3.8) is 0 Å². The number of amides is 2. The summed E-state index contributed by atoms with van der Waals surface area (Å²) in [5, 5.41) is 8.85. The maximum absolute atomic E-state index is 13.0. The Hall–Kier alpha value is -2.41. The SMILES string of the molecule is C[C@]12CNCC[C@H]1NC(=O)C(C(=O)Nc1ccc(N3CCCCC3)cc1)C2=O. The number of carbonyl (C=O) groups excluding carboxylic acids is 3. The average Bonchev–Trinajstić information content (AvgIpc) is 2.70. The molecule has 0 spiro atoms. The van der Waals surface area contributed by atoms with Gasteiger partial charge in [-0.25, -0.2) is 0 Å². The molecule has 0 aliphatic carbocycles. The Balaban J connectivity index is 1.45. The molecule has 3 atom stereocenters. The van der Waals surface area contributed by atoms with E-state index in [4.69, 9.17) is 0 Å². The van der Waals surface area contributed by atoms with Gasteiger partial charge in [0, 0.05) is 37.1 Å². The fraction of sp³-hybridized carbons (Fsp3) is 0.571. The third-order valence-corrected chi connectivity index (χ3v) is 6.39. The van der Waals surface area contributed by atoms with Crippen molar-refractivity contribution in [1.82, 2.24) is 10.6 Å². The van der Waals surface area contributed by atoms with E-state index in [0.29, 0.717) is 18.7 Å². The van der Waals surface area contributed by atoms with E-state index in [9.17, 15) is 14.4 Å². The number of nitrogens with one attached hydrogen (secondary N) is 3. The highest BCUT2D eigenvalue weighted by atomic mass is 16.2. The summed E-state index contributed by atoms with van der Waals surface area (Å²) in [7, 11) is 0. The maximum atomic E-state index is 13.0. The van der Waals surface area contributed by atoms with Gasteiger partial charge in [-0.05, 0) is 63.4 Å². The lowest BCUT2D eigenvalue weighted by molar-refractivity contribution is -0.151. The van der Waals surface area contributed by atoms with Crippen LogP contribution in [0.25, 0.3) is 0 Å². The number of carbonyl (C=O) groups is 3. The number of fused-ring (bicyclic) bond motifs is 1. The van der Waals surface area contributed by atoms with Gasteiger partial charge in [0.25, 0.3) is 0 Å². The molecule has 7 nitrogen and oxygen atoms in total. The van der Waals surface area contributed by atoms with Crippen molar-refractivity contribution in [3.8, 4) is 0 Å². The van der Waals surface area contributed by atoms with Gasteiger partial charge in [-0.1, -0.05) is 0 Å². The summed E-state index contributed by atoms with van der Waals surface area (Å²) in [6.07, 6.45) is 4.37. The van der Waals surface area contributed by atoms with Crippen LogP contribution in [0.5, 0.6) is 0 Å². The molecule has 0 bridgehead atoms. The molecule has 1 unspecified atom stereocenters. The van der Waals surface area contributed by atoms with Crippen molar-refractivity contribution < 1.29 is 14.4 Å². The Labute approximate surface area is 165 Å². The van der Waals surface area contributed by atoms with Gasteiger partial charge in [0.15, 0.2) is 11.7 Å². The first-order chi connectivity index (χ1) is 13.5. The van der Waals surface area contributed by atoms with Crippen LogP contribution in [0.2, 0.25) is 0 Å². The number of benzene rings is 1. The van der Waals surface area contributed by atoms with Crippen LogP contribution in [-0.2, 0) is 14.4 Å². The minimum atomic E-state index is -1.30. The molecule has 4 rings (SSSR count). The Morgan fingerprint density at radius 3 is 2.57 bits per heavy atom. The zero-order valence-corrected chi connectivity index (χ0v) is 16.3. The third kappa shape index (κ3) is 3.39. The summed E-state index contributed by atoms with van der Waals surface area (Å²) in [6, 6.07) is 7.42. The average molecular weight is 384 g/mol. The second-order valence-corrected chi connectivity index (χ2v) is 8.33. The van der Waals surface area contributed by atoms with Crippen LogP contribution in [-0.4, -0.2) is 49.8 Å². The molecule has 28 heavy (non-hydrogen) atoms. The smallest absolute Gasteiger partial charge is 0.244 e. The number of nitrogens with zero attached hydrogens (tertiary/aromatic N) is 1. The molecule has 3 N–H and O–H groups in total. The Bertz CT molecular complexity index is 772. The van der Waals surface area contributed by atoms with Crippen LogP contribution in [0.3, 0.4) is 0 Å². The quantitative estimate of drug-likeness (QED) is 0.684. The Morgan fingerprint density at radius 2 is 1.86 bits per heavy atom. The second kappa shape index (κ2) is 7.54. The molecule has 1 aromatic carbocycles. The van der Waals surface area contributed by atoms with Gasteiger partial charge < -0.3 is 20.9 Å². The maximum Gasteiger partial charge on any atom is 0.244 e. The zero-order valence-electron chi connectivity index (χ0n) is 16.3. The highest BCUT2D eigenvalue weighted by molar-refractivity contribution is 6.24. The second-order valence-electron chi connectivity index (χ2n) is 8.33. The number of ketones is 1. The predicted octanol–water partition coefficient (Wildman–Crippen LogP) is 1.30. The van der Waals surface area contributed by atoms with Crippen molar-refractivity contribution in [2.45, 2.75) is 38.6 Å². The molecule has 3 saturated heterocycles. The van der Waals surface area contributed by atoms with E-state index in [1.54, 1.807) is 0 Å². The van der Waals surface area contributed by atoms with Gasteiger partial charge in [0.2, 0.25) is 11.8 Å². The standard InChI is InChI=1S/C21H28N4O3/c1-21-13-22-10-9-16(21)24-20(28)17(18(21)26)19(27)23-14-5-7-15(8-6-14)25-11-3-2-4-12-25/h5-8,16-17,22H,2-4,9-13H2,1H3,(H,23,27)(H,24,28)/t16-,17?,21+/m1/s1. The van der Waals surface area contributed by atoms with Gasteiger partial charge in [-0.15, -0.1) is 0 Å². The molecule has 3 aliphatic heterocycles. The predicted molar refractivity (Wildman–Crippen MR) is 107 cm³/mol. The summed E-state index contributed by atoms with van der Waals surface area (Å²) in [6.45, 7) is 5.17. The number of Topliss-reactive ketones (excluding diaryl/α,β-unsaturated/α-hetero) is 1. The van der Waals surface area contributed by atoms with Crippen molar-refractivity contribution in [2.24, 2.45) is 11.3 Å². The number of rotatable bonds is 3. The molecular weight excluding hydrogens is 356 g/mol. The molecule has 150 valence electrons. The van der Waals surface area contributed by atoms with Crippen molar-refractivity contribution in [3.05, 3.63) is 24.3 Å². The van der Waals surface area contributed by atoms with E-state index >= 15 is 0 Å². The van der Waals surface area contributed by atoms with E-state index in [-0.39, 0.29) is 11.8 Å². The Morgan fingerprint density at radius 1 is 1.14 bits per heavy atom. The van der Waals surface area contributed by atoms with Crippen LogP contribution in [0.15, 0.2) is 24.3 Å². The monoisotopic (exact) mass is 384 g/mol. The van der Waals surface area contributed by atoms with Crippen LogP contribution < -0.4 is 20.9 Å². The molecule has 3 fully saturated rings. The number of hydrogen-bond acceptors (Lipinski definition) is 5. The van der Waals surface area contributed by atoms with E-state index in [2.05, 4.69) is 20.9 Å². The minimum absolute atomic E-state index is 0.207. The summed E-state index contributed by atoms with van der Waals surface area (Å²) < 4.78 is 0. The van der Waals surface area contributed by atoms with E-state index in [1.165, 1.54) is 19.3 Å². The molecule has 3 heterocycles. The van der Waals surface area contributed by atoms with Gasteiger partial charge in [-0.2, -0.15) is 0 Å². The largest absolute Gasteiger partial charge is 0.372 e. The van der Waals surface area contributed by atoms with E-state index < -0.39 is 23.1 Å². The van der Waals surface area contributed by atoms with Gasteiger partial charge >= 0.3 is 0 Å². The fourth-order valence-electron chi connectivity index (χ4n) is 4.59. The Kier molecular flexibility index (Phi) is 5.10. The van der Waals surface area contributed by atoms with Crippen LogP contribution >= 0.6 is 0 Å². The number of hydrogen-bond donors (Lipinski definition) is 3. The molecule has 2 amide bonds. The van der Waals surface area contributed by atoms with Crippen molar-refractivity contribution in [1.29, 1.82) is 0 Å². The first kappa shape index (κ1) is 18.9. The molecule has 0 aromatic heterocycles. The lowest BCUT2D eigenvalue weighted by atomic mass is 9.67. The van der Waals surface area contributed by atoms with Crippen molar-refractivity contribution >= 4 is 29.0 Å². The molecular formula is C21H28N4O3. The van der Waals surface area contributed by atoms with Gasteiger partial charge in [0.1, 0.15) is 0 Å². The summed E-state index contributed by atoms with van der Waals surface area (Å²) >= 11 is 0. The lowest BCUT2D eigenvalue weighted by Crippen LogP contribution is -2.68. The molecule has 1 aromatic rings. The fourth-order valence-corrected chi connectivity index (χ4v) is 4.59. The first-order valence-corrected chi connectivity index (χ1v) is 10.2. The summed E-state index contributed by atoms with van der Waals surface area (Å²) in [4.78, 5) is 40.6. The zero-order chi connectivity index (χ0) is 19.7. The van der Waals surface area contributed by atoms with E-state index in [0.717, 1.165) is 25.3 Å². The number of piperidine rings is 3. The normalized spacial score (nSPS) is 30.4. The van der Waals surface area contributed by atoms with Crippen LogP contribution in [0.1, 0.15) is 32.6 Å². The van der Waals surface area contributed by atoms with E-state index in [1.807, 2.05) is 31.2 Å². The minimum Gasteiger partial charge on any atom is -0.372 e. The van der Waals surface area contributed by atoms with Gasteiger partial charge in [0.05, 0.1) is 5.41 Å². The van der Waals surface area contributed by atoms with Crippen LogP contribution in [0.4, 0.5) is 11.4 Å². The lowest BCUT2D eigenvalue weighted by Gasteiger charge is -2.45. The summed E-state index contributed by atoms with van der Waals surface area (Å²) in [5.41, 5.74) is 0.986. The highest BCUT2D eigenvalue weighted by Crippen LogP contribution is 2.34. The number of anilines is 2. The topological polar surface area (TPSA) is 90.5 Å². The van der Waals surface area contributed by atoms with Crippen LogP contribution in [0, 0.1) is 11.3 Å².